The number of hydrogen-bond acceptors (Lipinski definition) is 5. The molecule has 45 heavy (non-hydrogen) atoms. The number of amides is 2. The Morgan fingerprint density at radius 3 is 2.36 bits per heavy atom. The molecule has 1 aromatic carbocycles. The van der Waals surface area contributed by atoms with Crippen LogP contribution in [0.2, 0.25) is 0 Å². The smallest absolute Gasteiger partial charge is 0.293 e. The molecular weight excluding hydrogens is 564 g/mol. The number of nitrogens with two attached hydrogens (primary N) is 1. The van der Waals surface area contributed by atoms with Crippen LogP contribution in [0.15, 0.2) is 52.8 Å². The SMILES string of the molecule is CC[C@@H](C[C@H](O)[C@@H](CC1CCCCC1)[N@+]1(NC(=O)C(=Cc2ccccc2)CC(=O)C(C)(C)C)C=NC=C1CCC(N)=O)C(C)C. The number of hydrogen-bond donors (Lipinski definition) is 3. The first-order valence-corrected chi connectivity index (χ1v) is 17.0. The number of primary amides is 1. The molecule has 1 aliphatic heterocycles. The number of quaternary nitrogens is 1. The van der Waals surface area contributed by atoms with Gasteiger partial charge in [0.05, 0.1) is 6.20 Å². The lowest BCUT2D eigenvalue weighted by molar-refractivity contribution is -0.864. The Balaban J connectivity index is 2.11. The van der Waals surface area contributed by atoms with E-state index in [0.29, 0.717) is 48.3 Å². The molecule has 0 spiro atoms. The zero-order valence-electron chi connectivity index (χ0n) is 28.4. The minimum absolute atomic E-state index is 0.0389. The Bertz CT molecular complexity index is 1240. The Kier molecular flexibility index (Phi) is 13.3. The van der Waals surface area contributed by atoms with Crippen molar-refractivity contribution in [3.8, 4) is 0 Å². The molecule has 248 valence electrons. The number of nitrogens with zero attached hydrogens (tertiary/aromatic N) is 2. The van der Waals surface area contributed by atoms with Gasteiger partial charge in [-0.2, -0.15) is 5.43 Å². The van der Waals surface area contributed by atoms with E-state index in [9.17, 15) is 19.5 Å². The van der Waals surface area contributed by atoms with Crippen molar-refractivity contribution >= 4 is 30.0 Å². The lowest BCUT2D eigenvalue weighted by atomic mass is 9.80. The molecule has 8 nitrogen and oxygen atoms in total. The number of aliphatic hydroxyl groups excluding tert-OH is 1. The van der Waals surface area contributed by atoms with Crippen LogP contribution in [-0.4, -0.2) is 45.8 Å². The standard InChI is InChI=1S/C37H56N4O4/c1-7-29(26(2)3)22-33(42)32(21-28-16-12-9-13-17-28)41(25-39-24-31(41)18-19-35(38)44)40-36(45)30(23-34(43)37(4,5)6)20-27-14-10-8-11-15-27/h8,10-11,14-15,20,24-26,28-29,32-33,42H,7,9,12-13,16-19,21-23H2,1-6H3,(H2-,38,40,44,45)/p+1/t29-,32+,33-,41-/m0/s1. The predicted octanol–water partition coefficient (Wildman–Crippen LogP) is 6.84. The summed E-state index contributed by atoms with van der Waals surface area (Å²) in [5, 5.41) is 12.1. The van der Waals surface area contributed by atoms with Crippen molar-refractivity contribution < 1.29 is 24.1 Å². The highest BCUT2D eigenvalue weighted by Crippen LogP contribution is 2.38. The number of rotatable bonds is 16. The third kappa shape index (κ3) is 10.2. The first kappa shape index (κ1) is 36.4. The molecule has 0 radical (unpaired) electrons. The van der Waals surface area contributed by atoms with E-state index in [-0.39, 0.29) is 23.2 Å². The van der Waals surface area contributed by atoms with Crippen LogP contribution in [0.4, 0.5) is 0 Å². The highest BCUT2D eigenvalue weighted by Gasteiger charge is 2.50. The van der Waals surface area contributed by atoms with E-state index in [1.165, 1.54) is 6.42 Å². The van der Waals surface area contributed by atoms with Gasteiger partial charge < -0.3 is 10.8 Å². The maximum Gasteiger partial charge on any atom is 0.293 e. The fourth-order valence-corrected chi connectivity index (χ4v) is 6.74. The molecule has 0 saturated heterocycles. The van der Waals surface area contributed by atoms with Crippen molar-refractivity contribution in [2.75, 3.05) is 0 Å². The maximum atomic E-state index is 14.5. The maximum absolute atomic E-state index is 14.5. The van der Waals surface area contributed by atoms with Gasteiger partial charge in [0.1, 0.15) is 17.9 Å². The van der Waals surface area contributed by atoms with Crippen molar-refractivity contribution in [1.82, 2.24) is 5.43 Å². The van der Waals surface area contributed by atoms with Gasteiger partial charge >= 0.3 is 0 Å². The van der Waals surface area contributed by atoms with Crippen LogP contribution < -0.4 is 11.2 Å². The summed E-state index contributed by atoms with van der Waals surface area (Å²) in [5.74, 6) is 0.212. The number of allylic oxidation sites excluding steroid dienone is 1. The number of carbonyl (C=O) groups excluding carboxylic acids is 3. The van der Waals surface area contributed by atoms with Crippen LogP contribution in [0.5, 0.6) is 0 Å². The summed E-state index contributed by atoms with van der Waals surface area (Å²) in [6.07, 6.45) is 12.7. The van der Waals surface area contributed by atoms with Gasteiger partial charge in [-0.15, -0.1) is 4.59 Å². The number of carbonyl (C=O) groups is 3. The number of benzene rings is 1. The van der Waals surface area contributed by atoms with Gasteiger partial charge in [0.2, 0.25) is 12.2 Å². The summed E-state index contributed by atoms with van der Waals surface area (Å²) in [5.41, 5.74) is 10.1. The molecule has 0 bridgehead atoms. The summed E-state index contributed by atoms with van der Waals surface area (Å²) in [6, 6.07) is 9.09. The molecule has 1 heterocycles. The minimum Gasteiger partial charge on any atom is -0.387 e. The first-order chi connectivity index (χ1) is 21.3. The van der Waals surface area contributed by atoms with Gasteiger partial charge in [0.15, 0.2) is 5.70 Å². The molecule has 1 aromatic rings. The normalized spacial score (nSPS) is 21.3. The lowest BCUT2D eigenvalue weighted by Crippen LogP contribution is -2.67. The second kappa shape index (κ2) is 16.5. The van der Waals surface area contributed by atoms with E-state index in [0.717, 1.165) is 37.7 Å². The van der Waals surface area contributed by atoms with Crippen LogP contribution in [0, 0.1) is 23.2 Å². The Labute approximate surface area is 270 Å². The topological polar surface area (TPSA) is 122 Å². The molecular formula is C37H57N4O4+. The number of Topliss-reactive ketones (excluding diaryl/α,β-unsaturated/α-hetero) is 1. The van der Waals surface area contributed by atoms with E-state index < -0.39 is 29.4 Å². The average molecular weight is 622 g/mol. The monoisotopic (exact) mass is 621 g/mol. The summed E-state index contributed by atoms with van der Waals surface area (Å²) < 4.78 is -0.172. The van der Waals surface area contributed by atoms with Crippen molar-refractivity contribution in [2.24, 2.45) is 33.9 Å². The fraction of sp³-hybridized carbons (Fsp3) is 0.622. The zero-order chi connectivity index (χ0) is 33.2. The molecule has 3 rings (SSSR count). The number of aliphatic imine (C=N–C) groups is 1. The first-order valence-electron chi connectivity index (χ1n) is 17.0. The molecule has 1 fully saturated rings. The van der Waals surface area contributed by atoms with E-state index in [1.807, 2.05) is 51.1 Å². The van der Waals surface area contributed by atoms with Crippen LogP contribution in [0.25, 0.3) is 6.08 Å². The van der Waals surface area contributed by atoms with E-state index >= 15 is 0 Å². The largest absolute Gasteiger partial charge is 0.387 e. The Hall–Kier alpha value is -3.10. The van der Waals surface area contributed by atoms with Gasteiger partial charge in [-0.1, -0.05) is 110 Å². The summed E-state index contributed by atoms with van der Waals surface area (Å²) in [4.78, 5) is 44.3. The molecule has 4 N–H and O–H groups in total. The van der Waals surface area contributed by atoms with E-state index in [1.54, 1.807) is 18.6 Å². The molecule has 8 heteroatoms. The van der Waals surface area contributed by atoms with Crippen molar-refractivity contribution in [3.05, 3.63) is 53.4 Å². The summed E-state index contributed by atoms with van der Waals surface area (Å²) >= 11 is 0. The molecule has 0 unspecified atom stereocenters. The van der Waals surface area contributed by atoms with Gasteiger partial charge in [-0.3, -0.25) is 14.4 Å². The van der Waals surface area contributed by atoms with Gasteiger partial charge in [-0.05, 0) is 35.8 Å². The lowest BCUT2D eigenvalue weighted by Gasteiger charge is -2.43. The van der Waals surface area contributed by atoms with Crippen LogP contribution in [0.3, 0.4) is 0 Å². The van der Waals surface area contributed by atoms with Gasteiger partial charge in [-0.25, -0.2) is 4.99 Å². The Morgan fingerprint density at radius 1 is 1.11 bits per heavy atom. The molecule has 1 aliphatic carbocycles. The molecule has 1 saturated carbocycles. The number of aliphatic hydroxyl groups is 1. The third-order valence-corrected chi connectivity index (χ3v) is 9.76. The van der Waals surface area contributed by atoms with E-state index in [2.05, 4.69) is 31.2 Å². The molecule has 2 amide bonds. The van der Waals surface area contributed by atoms with Crippen molar-refractivity contribution in [1.29, 1.82) is 0 Å². The second-order valence-electron chi connectivity index (χ2n) is 14.5. The van der Waals surface area contributed by atoms with Crippen LogP contribution in [-0.2, 0) is 14.4 Å². The van der Waals surface area contributed by atoms with Crippen LogP contribution >= 0.6 is 0 Å². The zero-order valence-corrected chi connectivity index (χ0v) is 28.4. The summed E-state index contributed by atoms with van der Waals surface area (Å²) in [6.45, 7) is 12.1. The number of nitrogens with one attached hydrogen (secondary N) is 1. The quantitative estimate of drug-likeness (QED) is 0.138. The average Bonchev–Trinajstić information content (AvgIpc) is 3.40. The molecule has 0 aromatic heterocycles. The second-order valence-corrected chi connectivity index (χ2v) is 14.5. The third-order valence-electron chi connectivity index (χ3n) is 9.76. The van der Waals surface area contributed by atoms with E-state index in [4.69, 9.17) is 5.73 Å². The number of ketones is 1. The van der Waals surface area contributed by atoms with Gasteiger partial charge in [0.25, 0.3) is 5.91 Å². The Morgan fingerprint density at radius 2 is 1.78 bits per heavy atom. The van der Waals surface area contributed by atoms with Crippen molar-refractivity contribution in [3.63, 3.8) is 0 Å². The van der Waals surface area contributed by atoms with Crippen LogP contribution in [0.1, 0.15) is 118 Å². The highest BCUT2D eigenvalue weighted by molar-refractivity contribution is 6.03. The fourth-order valence-electron chi connectivity index (χ4n) is 6.74. The summed E-state index contributed by atoms with van der Waals surface area (Å²) in [7, 11) is 0. The molecule has 2 aliphatic rings. The van der Waals surface area contributed by atoms with Crippen molar-refractivity contribution in [2.45, 2.75) is 124 Å². The highest BCUT2D eigenvalue weighted by atomic mass is 16.3. The minimum atomic E-state index is -0.737. The molecule has 4 atom stereocenters. The predicted molar refractivity (Wildman–Crippen MR) is 181 cm³/mol. The van der Waals surface area contributed by atoms with Gasteiger partial charge in [0, 0.05) is 36.7 Å².